The zero-order chi connectivity index (χ0) is 21.6. The highest BCUT2D eigenvalue weighted by atomic mass is 32.2. The molecular weight excluding hydrogens is 402 g/mol. The van der Waals surface area contributed by atoms with E-state index in [9.17, 15) is 14.7 Å². The van der Waals surface area contributed by atoms with Gasteiger partial charge in [0.15, 0.2) is 0 Å². The molecule has 1 atom stereocenters. The number of hydrogen-bond acceptors (Lipinski definition) is 4. The summed E-state index contributed by atoms with van der Waals surface area (Å²) in [5.41, 5.74) is 4.49. The maximum absolute atomic E-state index is 13.4. The van der Waals surface area contributed by atoms with Crippen LogP contribution in [-0.2, 0) is 16.6 Å². The summed E-state index contributed by atoms with van der Waals surface area (Å²) < 4.78 is 13.4. The zero-order valence-electron chi connectivity index (χ0n) is 16.5. The second-order valence-corrected chi connectivity index (χ2v) is 8.20. The van der Waals surface area contributed by atoms with Crippen LogP contribution < -0.4 is 0 Å². The molecule has 0 saturated heterocycles. The Balaban J connectivity index is 1.89. The van der Waals surface area contributed by atoms with E-state index in [1.165, 1.54) is 0 Å². The first kappa shape index (κ1) is 20.2. The Hall–Kier alpha value is -4.06. The van der Waals surface area contributed by atoms with Crippen LogP contribution in [0.25, 0.3) is 22.4 Å². The van der Waals surface area contributed by atoms with E-state index in [0.29, 0.717) is 27.9 Å². The van der Waals surface area contributed by atoms with Gasteiger partial charge in [-0.25, -0.2) is 4.98 Å². The minimum absolute atomic E-state index is 0.109. The molecule has 0 fully saturated rings. The summed E-state index contributed by atoms with van der Waals surface area (Å²) in [5, 5.41) is 19.6. The molecule has 31 heavy (non-hydrogen) atoms. The molecular formula is C26H17N3OS. The molecule has 5 heteroatoms. The van der Waals surface area contributed by atoms with Crippen molar-refractivity contribution >= 4 is 10.8 Å². The van der Waals surface area contributed by atoms with Gasteiger partial charge >= 0.3 is 0 Å². The van der Waals surface area contributed by atoms with Gasteiger partial charge in [-0.3, -0.25) is 4.21 Å². The molecule has 0 spiro atoms. The van der Waals surface area contributed by atoms with Crippen molar-refractivity contribution in [2.45, 2.75) is 10.8 Å². The molecule has 4 aromatic rings. The fraction of sp³-hybridized carbons (Fsp3) is 0.0385. The van der Waals surface area contributed by atoms with Crippen LogP contribution in [0.2, 0.25) is 0 Å². The van der Waals surface area contributed by atoms with Gasteiger partial charge in [0, 0.05) is 11.1 Å². The lowest BCUT2D eigenvalue weighted by molar-refractivity contribution is 0.679. The van der Waals surface area contributed by atoms with Gasteiger partial charge in [0.1, 0.15) is 11.1 Å². The van der Waals surface area contributed by atoms with Crippen molar-refractivity contribution in [3.05, 3.63) is 108 Å². The fourth-order valence-corrected chi connectivity index (χ4v) is 4.62. The first-order valence-electron chi connectivity index (χ1n) is 9.63. The van der Waals surface area contributed by atoms with Crippen molar-refractivity contribution in [1.29, 1.82) is 10.5 Å². The molecule has 0 N–H and O–H groups in total. The average Bonchev–Trinajstić information content (AvgIpc) is 2.84. The van der Waals surface area contributed by atoms with Crippen molar-refractivity contribution in [2.75, 3.05) is 0 Å². The Labute approximate surface area is 183 Å². The molecule has 0 aliphatic rings. The molecule has 0 radical (unpaired) electrons. The fourth-order valence-electron chi connectivity index (χ4n) is 3.36. The topological polar surface area (TPSA) is 77.5 Å². The van der Waals surface area contributed by atoms with Crippen molar-refractivity contribution in [2.24, 2.45) is 0 Å². The van der Waals surface area contributed by atoms with Gasteiger partial charge in [0.2, 0.25) is 0 Å². The Morgan fingerprint density at radius 2 is 1.39 bits per heavy atom. The van der Waals surface area contributed by atoms with E-state index in [2.05, 4.69) is 17.1 Å². The lowest BCUT2D eigenvalue weighted by Gasteiger charge is -2.13. The van der Waals surface area contributed by atoms with Crippen LogP contribution in [0.1, 0.15) is 16.7 Å². The van der Waals surface area contributed by atoms with Crippen LogP contribution in [0.15, 0.2) is 96.0 Å². The molecule has 0 saturated carbocycles. The van der Waals surface area contributed by atoms with Gasteiger partial charge in [0.05, 0.1) is 39.4 Å². The van der Waals surface area contributed by atoms with Gasteiger partial charge in [-0.1, -0.05) is 78.9 Å². The summed E-state index contributed by atoms with van der Waals surface area (Å²) in [7, 11) is -1.61. The molecule has 1 unspecified atom stereocenters. The number of aromatic nitrogens is 1. The maximum atomic E-state index is 13.4. The lowest BCUT2D eigenvalue weighted by Crippen LogP contribution is -2.06. The van der Waals surface area contributed by atoms with E-state index < -0.39 is 10.8 Å². The van der Waals surface area contributed by atoms with Gasteiger partial charge in [0.25, 0.3) is 0 Å². The molecule has 0 bridgehead atoms. The summed E-state index contributed by atoms with van der Waals surface area (Å²) >= 11 is 0. The monoisotopic (exact) mass is 419 g/mol. The maximum Gasteiger partial charge on any atom is 0.146 e. The van der Waals surface area contributed by atoms with Crippen molar-refractivity contribution in [1.82, 2.24) is 4.98 Å². The van der Waals surface area contributed by atoms with E-state index in [1.807, 2.05) is 72.8 Å². The summed E-state index contributed by atoms with van der Waals surface area (Å²) in [6, 6.07) is 32.4. The molecule has 3 aromatic carbocycles. The van der Waals surface area contributed by atoms with Crippen molar-refractivity contribution in [3.63, 3.8) is 0 Å². The average molecular weight is 420 g/mol. The summed E-state index contributed by atoms with van der Waals surface area (Å²) in [5.74, 6) is 0.109. The second kappa shape index (κ2) is 9.17. The van der Waals surface area contributed by atoms with E-state index in [4.69, 9.17) is 0 Å². The lowest BCUT2D eigenvalue weighted by atomic mass is 9.99. The van der Waals surface area contributed by atoms with E-state index in [0.717, 1.165) is 11.1 Å². The molecule has 0 aliphatic carbocycles. The predicted octanol–water partition coefficient (Wildman–Crippen LogP) is 5.47. The van der Waals surface area contributed by atoms with E-state index >= 15 is 0 Å². The highest BCUT2D eigenvalue weighted by molar-refractivity contribution is 7.84. The number of pyridine rings is 1. The number of hydrogen-bond donors (Lipinski definition) is 0. The van der Waals surface area contributed by atoms with Gasteiger partial charge in [-0.05, 0) is 23.3 Å². The Kier molecular flexibility index (Phi) is 5.98. The molecule has 0 amide bonds. The smallest absolute Gasteiger partial charge is 0.146 e. The number of rotatable bonds is 5. The highest BCUT2D eigenvalue weighted by Crippen LogP contribution is 2.32. The first-order valence-corrected chi connectivity index (χ1v) is 11.0. The first-order chi connectivity index (χ1) is 15.2. The Morgan fingerprint density at radius 1 is 0.774 bits per heavy atom. The minimum Gasteiger partial charge on any atom is -0.252 e. The van der Waals surface area contributed by atoms with Crippen LogP contribution in [0.3, 0.4) is 0 Å². The van der Waals surface area contributed by atoms with Crippen LogP contribution in [0.5, 0.6) is 0 Å². The summed E-state index contributed by atoms with van der Waals surface area (Å²) in [6.07, 6.45) is 0. The van der Waals surface area contributed by atoms with Crippen LogP contribution in [0, 0.1) is 22.7 Å². The minimum atomic E-state index is -1.61. The molecule has 1 heterocycles. The number of nitrogens with zero attached hydrogens (tertiary/aromatic N) is 3. The SMILES string of the molecule is N#Cc1ccccc1CS(=O)c1nc(-c2ccccc2)cc(-c2ccccc2)c1C#N. The van der Waals surface area contributed by atoms with Crippen molar-refractivity contribution in [3.8, 4) is 34.5 Å². The van der Waals surface area contributed by atoms with E-state index in [1.54, 1.807) is 18.2 Å². The van der Waals surface area contributed by atoms with Crippen LogP contribution >= 0.6 is 0 Å². The number of benzene rings is 3. The highest BCUT2D eigenvalue weighted by Gasteiger charge is 2.20. The molecule has 4 nitrogen and oxygen atoms in total. The molecule has 0 aliphatic heterocycles. The molecule has 148 valence electrons. The summed E-state index contributed by atoms with van der Waals surface area (Å²) in [6.45, 7) is 0. The third kappa shape index (κ3) is 4.28. The quantitative estimate of drug-likeness (QED) is 0.430. The van der Waals surface area contributed by atoms with Gasteiger partial charge in [-0.15, -0.1) is 0 Å². The van der Waals surface area contributed by atoms with Gasteiger partial charge in [-0.2, -0.15) is 10.5 Å². The predicted molar refractivity (Wildman–Crippen MR) is 121 cm³/mol. The van der Waals surface area contributed by atoms with Crippen LogP contribution in [0.4, 0.5) is 0 Å². The summed E-state index contributed by atoms with van der Waals surface area (Å²) in [4.78, 5) is 4.65. The molecule has 1 aromatic heterocycles. The molecule has 4 rings (SSSR count). The number of nitriles is 2. The van der Waals surface area contributed by atoms with E-state index in [-0.39, 0.29) is 10.8 Å². The largest absolute Gasteiger partial charge is 0.252 e. The van der Waals surface area contributed by atoms with Crippen LogP contribution in [-0.4, -0.2) is 9.19 Å². The second-order valence-electron chi connectivity index (χ2n) is 6.84. The standard InChI is InChI=1S/C26H17N3OS/c27-16-21-13-7-8-14-22(21)18-31(30)26-24(17-28)23(19-9-3-1-4-10-19)15-25(29-26)20-11-5-2-6-12-20/h1-15H,18H2. The van der Waals surface area contributed by atoms with Crippen molar-refractivity contribution < 1.29 is 4.21 Å². The normalized spacial score (nSPS) is 11.3. The third-order valence-corrected chi connectivity index (χ3v) is 6.19. The Morgan fingerprint density at radius 3 is 2.03 bits per heavy atom. The zero-order valence-corrected chi connectivity index (χ0v) is 17.3. The van der Waals surface area contributed by atoms with Gasteiger partial charge < -0.3 is 0 Å². The Bertz CT molecular complexity index is 1340. The third-order valence-electron chi connectivity index (χ3n) is 4.89.